The van der Waals surface area contributed by atoms with Crippen LogP contribution in [0.5, 0.6) is 0 Å². The molecule has 1 aromatic heterocycles. The molecule has 1 saturated heterocycles. The third-order valence-electron chi connectivity index (χ3n) is 3.05. The second-order valence-electron chi connectivity index (χ2n) is 4.30. The maximum atomic E-state index is 11.5. The van der Waals surface area contributed by atoms with Crippen molar-refractivity contribution in [2.45, 2.75) is 0 Å². The van der Waals surface area contributed by atoms with Gasteiger partial charge in [-0.2, -0.15) is 4.98 Å². The third kappa shape index (κ3) is 2.15. The van der Waals surface area contributed by atoms with E-state index in [0.717, 1.165) is 23.3 Å². The Morgan fingerprint density at radius 2 is 2.16 bits per heavy atom. The molecule has 0 unspecified atom stereocenters. The maximum Gasteiger partial charge on any atom is 0.239 e. The van der Waals surface area contributed by atoms with Gasteiger partial charge in [-0.25, -0.2) is 10.8 Å². The topological polar surface area (TPSA) is 96.2 Å². The van der Waals surface area contributed by atoms with Gasteiger partial charge in [-0.1, -0.05) is 12.1 Å². The molecular weight excluding hydrogens is 244 g/mol. The van der Waals surface area contributed by atoms with E-state index in [0.29, 0.717) is 19.0 Å². The summed E-state index contributed by atoms with van der Waals surface area (Å²) in [6.45, 7) is 1.63. The zero-order valence-electron chi connectivity index (χ0n) is 10.3. The highest BCUT2D eigenvalue weighted by atomic mass is 16.2. The highest BCUT2D eigenvalue weighted by molar-refractivity contribution is 5.93. The molecular formula is C12H14N6O. The quantitative estimate of drug-likeness (QED) is 0.512. The number of benzene rings is 1. The van der Waals surface area contributed by atoms with Crippen LogP contribution >= 0.6 is 0 Å². The predicted octanol–water partition coefficient (Wildman–Crippen LogP) is -0.148. The first kappa shape index (κ1) is 11.7. The summed E-state index contributed by atoms with van der Waals surface area (Å²) < 4.78 is 0. The first-order valence-electron chi connectivity index (χ1n) is 6.03. The lowest BCUT2D eigenvalue weighted by molar-refractivity contribution is -0.120. The number of rotatable bonds is 2. The van der Waals surface area contributed by atoms with Crippen molar-refractivity contribution in [1.82, 2.24) is 15.3 Å². The summed E-state index contributed by atoms with van der Waals surface area (Å²) in [4.78, 5) is 22.1. The molecule has 1 amide bonds. The van der Waals surface area contributed by atoms with E-state index in [9.17, 15) is 4.79 Å². The molecule has 0 bridgehead atoms. The van der Waals surface area contributed by atoms with Gasteiger partial charge in [0.05, 0.1) is 12.1 Å². The second kappa shape index (κ2) is 4.69. The Kier molecular flexibility index (Phi) is 2.88. The number of fused-ring (bicyclic) bond motifs is 1. The minimum atomic E-state index is -0.00352. The molecule has 2 heterocycles. The summed E-state index contributed by atoms with van der Waals surface area (Å²) in [6.07, 6.45) is 0. The zero-order chi connectivity index (χ0) is 13.2. The summed E-state index contributed by atoms with van der Waals surface area (Å²) in [5.74, 6) is 6.47. The van der Waals surface area contributed by atoms with Gasteiger partial charge >= 0.3 is 0 Å². The second-order valence-corrected chi connectivity index (χ2v) is 4.30. The number of hydrazine groups is 1. The molecule has 1 fully saturated rings. The minimum absolute atomic E-state index is 0.00352. The SMILES string of the molecule is NNc1nc(N2CCNC(=O)C2)c2ccccc2n1. The van der Waals surface area contributed by atoms with Crippen molar-refractivity contribution in [3.63, 3.8) is 0 Å². The molecule has 7 nitrogen and oxygen atoms in total. The lowest BCUT2D eigenvalue weighted by Crippen LogP contribution is -2.48. The van der Waals surface area contributed by atoms with Crippen molar-refractivity contribution < 1.29 is 4.79 Å². The standard InChI is InChI=1S/C12H14N6O/c13-17-12-15-9-4-2-1-3-8(9)11(16-12)18-6-5-14-10(19)7-18/h1-4H,5-7,13H2,(H,14,19)(H,15,16,17). The number of carbonyl (C=O) groups excluding carboxylic acids is 1. The number of hydrogen-bond donors (Lipinski definition) is 3. The molecule has 3 rings (SSSR count). The number of nitrogen functional groups attached to an aromatic ring is 1. The Labute approximate surface area is 109 Å². The summed E-state index contributed by atoms with van der Waals surface area (Å²) in [6, 6.07) is 7.67. The van der Waals surface area contributed by atoms with Gasteiger partial charge in [0, 0.05) is 18.5 Å². The summed E-state index contributed by atoms with van der Waals surface area (Å²) in [5.41, 5.74) is 3.26. The van der Waals surface area contributed by atoms with Crippen molar-refractivity contribution in [2.24, 2.45) is 5.84 Å². The van der Waals surface area contributed by atoms with Crippen LogP contribution in [0, 0.1) is 0 Å². The summed E-state index contributed by atoms with van der Waals surface area (Å²) in [7, 11) is 0. The molecule has 0 saturated carbocycles. The van der Waals surface area contributed by atoms with Gasteiger partial charge in [-0.05, 0) is 12.1 Å². The average molecular weight is 258 g/mol. The molecule has 2 aromatic rings. The smallest absolute Gasteiger partial charge is 0.239 e. The number of amides is 1. The normalized spacial score (nSPS) is 15.4. The van der Waals surface area contributed by atoms with Crippen LogP contribution < -0.4 is 21.5 Å². The predicted molar refractivity (Wildman–Crippen MR) is 72.6 cm³/mol. The Bertz CT molecular complexity index is 629. The molecule has 0 spiro atoms. The Morgan fingerprint density at radius 3 is 2.95 bits per heavy atom. The lowest BCUT2D eigenvalue weighted by Gasteiger charge is -2.28. The minimum Gasteiger partial charge on any atom is -0.353 e. The number of nitrogens with one attached hydrogen (secondary N) is 2. The van der Waals surface area contributed by atoms with E-state index in [-0.39, 0.29) is 5.91 Å². The van der Waals surface area contributed by atoms with Gasteiger partial charge in [0.1, 0.15) is 5.82 Å². The monoisotopic (exact) mass is 258 g/mol. The van der Waals surface area contributed by atoms with Gasteiger partial charge in [-0.15, -0.1) is 0 Å². The molecule has 4 N–H and O–H groups in total. The van der Waals surface area contributed by atoms with Crippen LogP contribution in [0.3, 0.4) is 0 Å². The number of carbonyl (C=O) groups is 1. The number of nitrogens with two attached hydrogens (primary N) is 1. The van der Waals surface area contributed by atoms with Crippen LogP contribution in [0.1, 0.15) is 0 Å². The number of para-hydroxylation sites is 1. The molecule has 0 atom stereocenters. The fraction of sp³-hybridized carbons (Fsp3) is 0.250. The first-order valence-corrected chi connectivity index (χ1v) is 6.03. The number of anilines is 2. The number of piperazine rings is 1. The number of nitrogens with zero attached hydrogens (tertiary/aromatic N) is 3. The van der Waals surface area contributed by atoms with Gasteiger partial charge in [0.2, 0.25) is 11.9 Å². The fourth-order valence-corrected chi connectivity index (χ4v) is 2.18. The van der Waals surface area contributed by atoms with Gasteiger partial charge < -0.3 is 10.2 Å². The van der Waals surface area contributed by atoms with E-state index in [4.69, 9.17) is 5.84 Å². The molecule has 1 aliphatic heterocycles. The van der Waals surface area contributed by atoms with E-state index in [2.05, 4.69) is 20.7 Å². The van der Waals surface area contributed by atoms with Crippen LogP contribution in [0.25, 0.3) is 10.9 Å². The van der Waals surface area contributed by atoms with Crippen molar-refractivity contribution in [2.75, 3.05) is 30.0 Å². The van der Waals surface area contributed by atoms with E-state index < -0.39 is 0 Å². The molecule has 1 aromatic carbocycles. The number of aromatic nitrogens is 2. The van der Waals surface area contributed by atoms with Crippen LogP contribution in [0.4, 0.5) is 11.8 Å². The van der Waals surface area contributed by atoms with Gasteiger partial charge in [-0.3, -0.25) is 10.2 Å². The Hall–Kier alpha value is -2.41. The van der Waals surface area contributed by atoms with Gasteiger partial charge in [0.25, 0.3) is 0 Å². The van der Waals surface area contributed by atoms with Crippen molar-refractivity contribution >= 4 is 28.6 Å². The molecule has 98 valence electrons. The lowest BCUT2D eigenvalue weighted by atomic mass is 10.2. The third-order valence-corrected chi connectivity index (χ3v) is 3.05. The summed E-state index contributed by atoms with van der Waals surface area (Å²) in [5, 5.41) is 3.71. The van der Waals surface area contributed by atoms with E-state index >= 15 is 0 Å². The van der Waals surface area contributed by atoms with Crippen molar-refractivity contribution in [3.05, 3.63) is 24.3 Å². The van der Waals surface area contributed by atoms with Crippen LogP contribution in [-0.2, 0) is 4.79 Å². The number of hydrogen-bond acceptors (Lipinski definition) is 6. The fourth-order valence-electron chi connectivity index (χ4n) is 2.18. The Morgan fingerprint density at radius 1 is 1.32 bits per heavy atom. The van der Waals surface area contributed by atoms with Crippen molar-refractivity contribution in [1.29, 1.82) is 0 Å². The van der Waals surface area contributed by atoms with Gasteiger partial charge in [0.15, 0.2) is 0 Å². The highest BCUT2D eigenvalue weighted by Crippen LogP contribution is 2.25. The van der Waals surface area contributed by atoms with Crippen LogP contribution in [0.15, 0.2) is 24.3 Å². The largest absolute Gasteiger partial charge is 0.353 e. The maximum absolute atomic E-state index is 11.5. The van der Waals surface area contributed by atoms with Crippen molar-refractivity contribution in [3.8, 4) is 0 Å². The first-order chi connectivity index (χ1) is 9.28. The summed E-state index contributed by atoms with van der Waals surface area (Å²) >= 11 is 0. The van der Waals surface area contributed by atoms with E-state index in [1.165, 1.54) is 0 Å². The van der Waals surface area contributed by atoms with E-state index in [1.807, 2.05) is 29.2 Å². The zero-order valence-corrected chi connectivity index (χ0v) is 10.3. The molecule has 0 radical (unpaired) electrons. The van der Waals surface area contributed by atoms with Crippen LogP contribution in [0.2, 0.25) is 0 Å². The van der Waals surface area contributed by atoms with E-state index in [1.54, 1.807) is 0 Å². The highest BCUT2D eigenvalue weighted by Gasteiger charge is 2.20. The molecule has 7 heteroatoms. The average Bonchev–Trinajstić information content (AvgIpc) is 2.46. The molecule has 0 aliphatic carbocycles. The Balaban J connectivity index is 2.12. The molecule has 19 heavy (non-hydrogen) atoms. The van der Waals surface area contributed by atoms with Crippen LogP contribution in [-0.4, -0.2) is 35.5 Å². The molecule has 1 aliphatic rings.